The van der Waals surface area contributed by atoms with Crippen LogP contribution in [-0.2, 0) is 18.5 Å². The molecule has 0 radical (unpaired) electrons. The fourth-order valence-corrected chi connectivity index (χ4v) is 2.00. The van der Waals surface area contributed by atoms with E-state index in [-0.39, 0.29) is 12.1 Å². The van der Waals surface area contributed by atoms with Gasteiger partial charge in [0.15, 0.2) is 0 Å². The Bertz CT molecular complexity index is 525. The predicted octanol–water partition coefficient (Wildman–Crippen LogP) is 6.22. The summed E-state index contributed by atoms with van der Waals surface area (Å²) in [6.45, 7) is 0. The van der Waals surface area contributed by atoms with Crippen LogP contribution in [0, 0.1) is 0 Å². The Hall–Kier alpha value is -0.830. The Morgan fingerprint density at radius 3 is 1.38 bits per heavy atom. The molecule has 0 unspecified atom stereocenters. The lowest BCUT2D eigenvalue weighted by atomic mass is 9.95. The highest BCUT2D eigenvalue weighted by molar-refractivity contribution is 6.44. The van der Waals surface area contributed by atoms with Crippen molar-refractivity contribution in [1.29, 1.82) is 0 Å². The van der Waals surface area contributed by atoms with Gasteiger partial charge in [-0.2, -0.15) is 39.5 Å². The average molecular weight is 365 g/mol. The fourth-order valence-electron chi connectivity index (χ4n) is 1.64. The maximum absolute atomic E-state index is 12.8. The summed E-state index contributed by atoms with van der Waals surface area (Å²) in [4.78, 5) is -2.08. The van der Waals surface area contributed by atoms with Crippen LogP contribution in [-0.4, -0.2) is 0 Å². The minimum atomic E-state index is -5.89. The Morgan fingerprint density at radius 2 is 1.10 bits per heavy atom. The van der Waals surface area contributed by atoms with Crippen LogP contribution < -0.4 is 0 Å². The standard InChI is InChI=1S/C10H3Cl2F9/c11-7(12)3-1-2-4(8(13,14)15)6(10(19,20)21)5(3)9(16,17)18/h1-2,7H. The van der Waals surface area contributed by atoms with Gasteiger partial charge in [0, 0.05) is 0 Å². The zero-order valence-electron chi connectivity index (χ0n) is 9.39. The van der Waals surface area contributed by atoms with E-state index in [1.807, 2.05) is 0 Å². The molecule has 1 aromatic carbocycles. The molecule has 0 heterocycles. The lowest BCUT2D eigenvalue weighted by Gasteiger charge is -2.23. The highest BCUT2D eigenvalue weighted by Crippen LogP contribution is 2.49. The molecule has 0 aromatic heterocycles. The average Bonchev–Trinajstić information content (AvgIpc) is 2.23. The van der Waals surface area contributed by atoms with Crippen LogP contribution in [0.4, 0.5) is 39.5 Å². The maximum atomic E-state index is 12.8. The summed E-state index contributed by atoms with van der Waals surface area (Å²) in [5.41, 5.74) is -9.16. The van der Waals surface area contributed by atoms with Crippen LogP contribution in [0.1, 0.15) is 27.1 Å². The van der Waals surface area contributed by atoms with Gasteiger partial charge in [0.05, 0.1) is 16.7 Å². The molecule has 0 aliphatic heterocycles. The molecule has 0 fully saturated rings. The number of alkyl halides is 11. The van der Waals surface area contributed by atoms with Crippen molar-refractivity contribution in [2.24, 2.45) is 0 Å². The zero-order valence-corrected chi connectivity index (χ0v) is 10.9. The van der Waals surface area contributed by atoms with E-state index in [2.05, 4.69) is 0 Å². The second-order valence-electron chi connectivity index (χ2n) is 3.75. The molecule has 0 spiro atoms. The fraction of sp³-hybridized carbons (Fsp3) is 0.400. The third-order valence-electron chi connectivity index (χ3n) is 2.35. The largest absolute Gasteiger partial charge is 0.417 e. The van der Waals surface area contributed by atoms with Crippen molar-refractivity contribution in [3.05, 3.63) is 34.4 Å². The first-order chi connectivity index (χ1) is 9.17. The van der Waals surface area contributed by atoms with E-state index in [4.69, 9.17) is 23.2 Å². The van der Waals surface area contributed by atoms with Gasteiger partial charge in [-0.15, -0.1) is 23.2 Å². The predicted molar refractivity (Wildman–Crippen MR) is 55.9 cm³/mol. The minimum Gasteiger partial charge on any atom is -0.166 e. The molecule has 0 N–H and O–H groups in total. The number of hydrogen-bond acceptors (Lipinski definition) is 0. The van der Waals surface area contributed by atoms with Gasteiger partial charge >= 0.3 is 18.5 Å². The molecule has 0 atom stereocenters. The third kappa shape index (κ3) is 3.88. The van der Waals surface area contributed by atoms with Gasteiger partial charge in [0.25, 0.3) is 0 Å². The van der Waals surface area contributed by atoms with Crippen LogP contribution in [0.3, 0.4) is 0 Å². The Morgan fingerprint density at radius 1 is 0.667 bits per heavy atom. The second-order valence-corrected chi connectivity index (χ2v) is 4.84. The molecule has 0 saturated heterocycles. The van der Waals surface area contributed by atoms with Crippen LogP contribution in [0.2, 0.25) is 0 Å². The van der Waals surface area contributed by atoms with Crippen molar-refractivity contribution in [2.75, 3.05) is 0 Å². The van der Waals surface area contributed by atoms with Gasteiger partial charge < -0.3 is 0 Å². The van der Waals surface area contributed by atoms with Gasteiger partial charge in [0.2, 0.25) is 0 Å². The van der Waals surface area contributed by atoms with E-state index in [0.29, 0.717) is 0 Å². The maximum Gasteiger partial charge on any atom is 0.417 e. The highest BCUT2D eigenvalue weighted by atomic mass is 35.5. The monoisotopic (exact) mass is 364 g/mol. The number of hydrogen-bond donors (Lipinski definition) is 0. The van der Waals surface area contributed by atoms with Crippen molar-refractivity contribution in [3.8, 4) is 0 Å². The summed E-state index contributed by atoms with van der Waals surface area (Å²) in [7, 11) is 0. The summed E-state index contributed by atoms with van der Waals surface area (Å²) < 4.78 is 114. The molecule has 1 rings (SSSR count). The van der Waals surface area contributed by atoms with Crippen molar-refractivity contribution < 1.29 is 39.5 Å². The summed E-state index contributed by atoms with van der Waals surface area (Å²) in [6.07, 6.45) is -17.2. The van der Waals surface area contributed by atoms with Crippen LogP contribution in [0.5, 0.6) is 0 Å². The Balaban J connectivity index is 3.93. The van der Waals surface area contributed by atoms with E-state index in [1.165, 1.54) is 0 Å². The van der Waals surface area contributed by atoms with Crippen LogP contribution >= 0.6 is 23.2 Å². The third-order valence-corrected chi connectivity index (χ3v) is 2.82. The smallest absolute Gasteiger partial charge is 0.166 e. The molecule has 1 aromatic rings. The van der Waals surface area contributed by atoms with E-state index >= 15 is 0 Å². The molecule has 120 valence electrons. The van der Waals surface area contributed by atoms with E-state index in [9.17, 15) is 39.5 Å². The number of halogens is 11. The normalized spacial score (nSPS) is 13.9. The van der Waals surface area contributed by atoms with Crippen molar-refractivity contribution >= 4 is 23.2 Å². The van der Waals surface area contributed by atoms with Crippen molar-refractivity contribution in [2.45, 2.75) is 23.4 Å². The molecule has 0 bridgehead atoms. The highest BCUT2D eigenvalue weighted by Gasteiger charge is 2.51. The molecule has 0 aliphatic carbocycles. The Kier molecular flexibility index (Phi) is 4.70. The van der Waals surface area contributed by atoms with Gasteiger partial charge in [-0.3, -0.25) is 0 Å². The molecule has 0 aliphatic rings. The summed E-state index contributed by atoms with van der Waals surface area (Å²) in [5.74, 6) is 0. The van der Waals surface area contributed by atoms with Gasteiger partial charge in [-0.05, 0) is 11.6 Å². The summed E-state index contributed by atoms with van der Waals surface area (Å²) >= 11 is 10.2. The first-order valence-corrected chi connectivity index (χ1v) is 5.71. The molecule has 0 saturated carbocycles. The first-order valence-electron chi connectivity index (χ1n) is 4.84. The molecular weight excluding hydrogens is 362 g/mol. The summed E-state index contributed by atoms with van der Waals surface area (Å²) in [5, 5.41) is 0. The lowest BCUT2D eigenvalue weighted by Crippen LogP contribution is -2.24. The number of rotatable bonds is 1. The topological polar surface area (TPSA) is 0 Å². The van der Waals surface area contributed by atoms with Crippen molar-refractivity contribution in [3.63, 3.8) is 0 Å². The van der Waals surface area contributed by atoms with Crippen LogP contribution in [0.25, 0.3) is 0 Å². The molecule has 21 heavy (non-hydrogen) atoms. The van der Waals surface area contributed by atoms with Gasteiger partial charge in [-0.25, -0.2) is 0 Å². The SMILES string of the molecule is FC(F)(F)c1ccc(C(Cl)Cl)c(C(F)(F)F)c1C(F)(F)F. The first kappa shape index (κ1) is 18.2. The zero-order chi connectivity index (χ0) is 16.8. The lowest BCUT2D eigenvalue weighted by molar-refractivity contribution is -0.174. The minimum absolute atomic E-state index is 0.134. The van der Waals surface area contributed by atoms with E-state index < -0.39 is 45.6 Å². The van der Waals surface area contributed by atoms with Gasteiger partial charge in [-0.1, -0.05) is 6.07 Å². The Labute approximate surface area is 121 Å². The van der Waals surface area contributed by atoms with Gasteiger partial charge in [0.1, 0.15) is 4.84 Å². The number of benzene rings is 1. The summed E-state index contributed by atoms with van der Waals surface area (Å²) in [6, 6.07) is 0.0384. The van der Waals surface area contributed by atoms with E-state index in [0.717, 1.165) is 0 Å². The second kappa shape index (κ2) is 5.42. The van der Waals surface area contributed by atoms with Crippen LogP contribution in [0.15, 0.2) is 12.1 Å². The molecule has 11 heteroatoms. The molecular formula is C10H3Cl2F9. The molecule has 0 nitrogen and oxygen atoms in total. The molecule has 0 amide bonds. The van der Waals surface area contributed by atoms with E-state index in [1.54, 1.807) is 0 Å². The van der Waals surface area contributed by atoms with Crippen molar-refractivity contribution in [1.82, 2.24) is 0 Å². The quantitative estimate of drug-likeness (QED) is 0.410.